The molecule has 0 spiro atoms. The van der Waals surface area contributed by atoms with Crippen molar-refractivity contribution < 1.29 is 23.8 Å². The van der Waals surface area contributed by atoms with Crippen LogP contribution in [0, 0.1) is 13.8 Å². The van der Waals surface area contributed by atoms with Crippen molar-refractivity contribution in [3.8, 4) is 11.5 Å². The average Bonchev–Trinajstić information content (AvgIpc) is 2.63. The fraction of sp³-hybridized carbons (Fsp3) is 0.333. The van der Waals surface area contributed by atoms with E-state index in [1.807, 2.05) is 39.0 Å². The molecule has 0 bridgehead atoms. The molecule has 6 nitrogen and oxygen atoms in total. The molecule has 1 N–H and O–H groups in total. The highest BCUT2D eigenvalue weighted by molar-refractivity contribution is 5.95. The van der Waals surface area contributed by atoms with Crippen molar-refractivity contribution in [3.63, 3.8) is 0 Å². The van der Waals surface area contributed by atoms with Crippen molar-refractivity contribution in [1.82, 2.24) is 0 Å². The fourth-order valence-corrected chi connectivity index (χ4v) is 2.59. The van der Waals surface area contributed by atoms with Gasteiger partial charge in [-0.3, -0.25) is 4.79 Å². The molecule has 0 fully saturated rings. The van der Waals surface area contributed by atoms with E-state index in [1.54, 1.807) is 25.1 Å². The number of carbonyl (C=O) groups excluding carboxylic acids is 2. The van der Waals surface area contributed by atoms with Crippen LogP contribution in [0.2, 0.25) is 0 Å². The van der Waals surface area contributed by atoms with Crippen molar-refractivity contribution >= 4 is 17.6 Å². The van der Waals surface area contributed by atoms with Crippen LogP contribution in [-0.2, 0) is 9.53 Å². The van der Waals surface area contributed by atoms with E-state index in [4.69, 9.17) is 14.2 Å². The Morgan fingerprint density at radius 3 is 2.30 bits per heavy atom. The molecular formula is C21H25NO5. The molecule has 0 saturated carbocycles. The van der Waals surface area contributed by atoms with E-state index in [-0.39, 0.29) is 19.1 Å². The summed E-state index contributed by atoms with van der Waals surface area (Å²) in [6.45, 7) is 7.99. The first kappa shape index (κ1) is 20.3. The van der Waals surface area contributed by atoms with E-state index in [0.717, 1.165) is 11.1 Å². The van der Waals surface area contributed by atoms with Gasteiger partial charge in [-0.15, -0.1) is 0 Å². The van der Waals surface area contributed by atoms with Gasteiger partial charge in [-0.25, -0.2) is 4.79 Å². The number of amides is 1. The van der Waals surface area contributed by atoms with Gasteiger partial charge >= 0.3 is 5.97 Å². The fourth-order valence-electron chi connectivity index (χ4n) is 2.59. The van der Waals surface area contributed by atoms with Crippen molar-refractivity contribution in [1.29, 1.82) is 0 Å². The molecule has 0 radical (unpaired) electrons. The topological polar surface area (TPSA) is 73.9 Å². The average molecular weight is 371 g/mol. The van der Waals surface area contributed by atoms with Crippen LogP contribution in [-0.4, -0.2) is 31.7 Å². The molecule has 144 valence electrons. The molecule has 0 aliphatic rings. The SMILES string of the molecule is CCOC(=O)c1ccc(NC(=O)COc2c(C)cccc2C)c(OCC)c1. The zero-order valence-electron chi connectivity index (χ0n) is 16.1. The Balaban J connectivity index is 2.08. The first-order valence-electron chi connectivity index (χ1n) is 8.89. The monoisotopic (exact) mass is 371 g/mol. The van der Waals surface area contributed by atoms with E-state index in [0.29, 0.717) is 29.4 Å². The first-order chi connectivity index (χ1) is 13.0. The van der Waals surface area contributed by atoms with Crippen LogP contribution in [0.25, 0.3) is 0 Å². The summed E-state index contributed by atoms with van der Waals surface area (Å²) in [5, 5.41) is 2.76. The molecule has 2 aromatic rings. The second kappa shape index (κ2) is 9.62. The summed E-state index contributed by atoms with van der Waals surface area (Å²) in [5.41, 5.74) is 2.78. The summed E-state index contributed by atoms with van der Waals surface area (Å²) in [4.78, 5) is 24.2. The number of carbonyl (C=O) groups is 2. The van der Waals surface area contributed by atoms with Crippen LogP contribution in [0.4, 0.5) is 5.69 Å². The Labute approximate surface area is 159 Å². The summed E-state index contributed by atoms with van der Waals surface area (Å²) >= 11 is 0. The van der Waals surface area contributed by atoms with Gasteiger partial charge in [0.2, 0.25) is 0 Å². The first-order valence-corrected chi connectivity index (χ1v) is 8.89. The Morgan fingerprint density at radius 2 is 1.67 bits per heavy atom. The standard InChI is InChI=1S/C21H25NO5/c1-5-25-18-12-16(21(24)26-6-2)10-11-17(18)22-19(23)13-27-20-14(3)8-7-9-15(20)4/h7-12H,5-6,13H2,1-4H3,(H,22,23). The van der Waals surface area contributed by atoms with Crippen molar-refractivity contribution in [2.45, 2.75) is 27.7 Å². The van der Waals surface area contributed by atoms with Crippen LogP contribution >= 0.6 is 0 Å². The third kappa shape index (κ3) is 5.48. The minimum atomic E-state index is -0.435. The largest absolute Gasteiger partial charge is 0.492 e. The highest BCUT2D eigenvalue weighted by Crippen LogP contribution is 2.27. The molecule has 0 heterocycles. The quantitative estimate of drug-likeness (QED) is 0.713. The highest BCUT2D eigenvalue weighted by atomic mass is 16.5. The number of esters is 1. The molecule has 0 saturated heterocycles. The van der Waals surface area contributed by atoms with E-state index >= 15 is 0 Å². The molecule has 2 aromatic carbocycles. The van der Waals surface area contributed by atoms with Crippen LogP contribution in [0.3, 0.4) is 0 Å². The molecule has 6 heteroatoms. The van der Waals surface area contributed by atoms with Crippen LogP contribution in [0.1, 0.15) is 35.3 Å². The molecule has 0 atom stereocenters. The molecule has 1 amide bonds. The molecule has 2 rings (SSSR count). The molecule has 27 heavy (non-hydrogen) atoms. The molecular weight excluding hydrogens is 346 g/mol. The number of nitrogens with one attached hydrogen (secondary N) is 1. The van der Waals surface area contributed by atoms with Crippen LogP contribution in [0.5, 0.6) is 11.5 Å². The Morgan fingerprint density at radius 1 is 0.963 bits per heavy atom. The lowest BCUT2D eigenvalue weighted by atomic mass is 10.1. The normalized spacial score (nSPS) is 10.2. The summed E-state index contributed by atoms with van der Waals surface area (Å²) in [6, 6.07) is 10.6. The lowest BCUT2D eigenvalue weighted by Crippen LogP contribution is -2.21. The predicted octanol–water partition coefficient (Wildman–Crippen LogP) is 3.90. The summed E-state index contributed by atoms with van der Waals surface area (Å²) < 4.78 is 16.2. The van der Waals surface area contributed by atoms with Crippen molar-refractivity contribution in [2.75, 3.05) is 25.1 Å². The third-order valence-corrected chi connectivity index (χ3v) is 3.82. The van der Waals surface area contributed by atoms with Gasteiger partial charge in [-0.1, -0.05) is 18.2 Å². The number of ether oxygens (including phenoxy) is 3. The van der Waals surface area contributed by atoms with E-state index < -0.39 is 5.97 Å². The van der Waals surface area contributed by atoms with Gasteiger partial charge in [-0.2, -0.15) is 0 Å². The van der Waals surface area contributed by atoms with Gasteiger partial charge in [0.05, 0.1) is 24.5 Å². The van der Waals surface area contributed by atoms with Gasteiger partial charge in [0, 0.05) is 0 Å². The minimum Gasteiger partial charge on any atom is -0.492 e. The number of benzene rings is 2. The molecule has 0 aromatic heterocycles. The van der Waals surface area contributed by atoms with Gasteiger partial charge in [0.25, 0.3) is 5.91 Å². The van der Waals surface area contributed by atoms with Crippen molar-refractivity contribution in [3.05, 3.63) is 53.1 Å². The smallest absolute Gasteiger partial charge is 0.338 e. The van der Waals surface area contributed by atoms with Crippen LogP contribution in [0.15, 0.2) is 36.4 Å². The van der Waals surface area contributed by atoms with Gasteiger partial charge in [0.1, 0.15) is 11.5 Å². The van der Waals surface area contributed by atoms with E-state index in [9.17, 15) is 9.59 Å². The maximum absolute atomic E-state index is 12.3. The summed E-state index contributed by atoms with van der Waals surface area (Å²) in [5.74, 6) is 0.357. The maximum atomic E-state index is 12.3. The summed E-state index contributed by atoms with van der Waals surface area (Å²) in [7, 11) is 0. The second-order valence-corrected chi connectivity index (χ2v) is 5.92. The zero-order valence-corrected chi connectivity index (χ0v) is 16.1. The lowest BCUT2D eigenvalue weighted by molar-refractivity contribution is -0.118. The number of hydrogen-bond donors (Lipinski definition) is 1. The number of para-hydroxylation sites is 1. The Hall–Kier alpha value is -3.02. The molecule has 0 aliphatic heterocycles. The van der Waals surface area contributed by atoms with E-state index in [1.165, 1.54) is 0 Å². The predicted molar refractivity (Wildman–Crippen MR) is 104 cm³/mol. The highest BCUT2D eigenvalue weighted by Gasteiger charge is 2.14. The zero-order chi connectivity index (χ0) is 19.8. The number of rotatable bonds is 8. The summed E-state index contributed by atoms with van der Waals surface area (Å²) in [6.07, 6.45) is 0. The molecule has 0 unspecified atom stereocenters. The van der Waals surface area contributed by atoms with Crippen LogP contribution < -0.4 is 14.8 Å². The minimum absolute atomic E-state index is 0.128. The Kier molecular flexibility index (Phi) is 7.23. The van der Waals surface area contributed by atoms with Crippen molar-refractivity contribution in [2.24, 2.45) is 0 Å². The molecule has 0 aliphatic carbocycles. The van der Waals surface area contributed by atoms with Gasteiger partial charge in [0.15, 0.2) is 6.61 Å². The lowest BCUT2D eigenvalue weighted by Gasteiger charge is -2.14. The second-order valence-electron chi connectivity index (χ2n) is 5.92. The number of hydrogen-bond acceptors (Lipinski definition) is 5. The van der Waals surface area contributed by atoms with Gasteiger partial charge in [-0.05, 0) is 57.0 Å². The Bertz CT molecular complexity index is 796. The van der Waals surface area contributed by atoms with E-state index in [2.05, 4.69) is 5.32 Å². The maximum Gasteiger partial charge on any atom is 0.338 e. The number of anilines is 1. The van der Waals surface area contributed by atoms with Gasteiger partial charge < -0.3 is 19.5 Å². The third-order valence-electron chi connectivity index (χ3n) is 3.82. The number of aryl methyl sites for hydroxylation is 2.